The van der Waals surface area contributed by atoms with E-state index in [9.17, 15) is 19.5 Å². The van der Waals surface area contributed by atoms with Gasteiger partial charge in [-0.1, -0.05) is 180 Å². The van der Waals surface area contributed by atoms with Crippen molar-refractivity contribution in [2.24, 2.45) is 0 Å². The molecule has 0 aliphatic heterocycles. The molecule has 0 heterocycles. The minimum atomic E-state index is -0.873. The number of carbonyl (C=O) groups is 3. The molecule has 8 nitrogen and oxygen atoms in total. The zero-order chi connectivity index (χ0) is 41.4. The molecule has 1 N–H and O–H groups in total. The second-order valence-corrected chi connectivity index (χ2v) is 17.4. The lowest BCUT2D eigenvalue weighted by Gasteiger charge is -2.31. The summed E-state index contributed by atoms with van der Waals surface area (Å²) in [6.07, 6.45) is 42.6. The van der Waals surface area contributed by atoms with Gasteiger partial charge in [-0.15, -0.1) is 0 Å². The van der Waals surface area contributed by atoms with Gasteiger partial charge in [-0.05, 0) is 38.5 Å². The third-order valence-corrected chi connectivity index (χ3v) is 10.9. The number of nitrogens with zero attached hydrogens (tertiary/aromatic N) is 1. The number of hydrogen-bond acceptors (Lipinski definition) is 6. The van der Waals surface area contributed by atoms with Crippen molar-refractivity contribution in [1.82, 2.24) is 0 Å². The molecule has 0 spiro atoms. The fourth-order valence-corrected chi connectivity index (χ4v) is 7.21. The molecule has 0 aromatic heterocycles. The van der Waals surface area contributed by atoms with E-state index < -0.39 is 18.1 Å². The fourth-order valence-electron chi connectivity index (χ4n) is 7.21. The Morgan fingerprint density at radius 1 is 0.518 bits per heavy atom. The number of ether oxygens (including phenoxy) is 3. The van der Waals surface area contributed by atoms with Gasteiger partial charge in [0.05, 0.1) is 34.4 Å². The molecule has 0 saturated carbocycles. The Hall–Kier alpha value is -1.93. The number of carboxylic acids is 1. The molecular formula is C48H92NO7+. The first-order valence-electron chi connectivity index (χ1n) is 23.7. The zero-order valence-corrected chi connectivity index (χ0v) is 37.6. The Morgan fingerprint density at radius 3 is 1.32 bits per heavy atom. The van der Waals surface area contributed by atoms with Crippen LogP contribution < -0.4 is 0 Å². The summed E-state index contributed by atoms with van der Waals surface area (Å²) in [5.74, 6) is -1.46. The topological polar surface area (TPSA) is 99.1 Å². The highest BCUT2D eigenvalue weighted by atomic mass is 16.6. The number of esters is 2. The highest BCUT2D eigenvalue weighted by molar-refractivity contribution is 5.72. The van der Waals surface area contributed by atoms with Gasteiger partial charge >= 0.3 is 17.9 Å². The van der Waals surface area contributed by atoms with Crippen molar-refractivity contribution in [1.29, 1.82) is 0 Å². The van der Waals surface area contributed by atoms with Gasteiger partial charge in [0.25, 0.3) is 0 Å². The molecule has 0 amide bonds. The van der Waals surface area contributed by atoms with Gasteiger partial charge in [-0.25, -0.2) is 4.79 Å². The number of quaternary nitrogens is 1. The van der Waals surface area contributed by atoms with E-state index in [2.05, 4.69) is 26.0 Å². The largest absolute Gasteiger partial charge is 0.477 e. The normalized spacial score (nSPS) is 12.9. The molecule has 2 atom stereocenters. The van der Waals surface area contributed by atoms with Crippen LogP contribution >= 0.6 is 0 Å². The Bertz CT molecular complexity index is 931. The van der Waals surface area contributed by atoms with Crippen LogP contribution in [0.1, 0.15) is 226 Å². The van der Waals surface area contributed by atoms with E-state index >= 15 is 0 Å². The van der Waals surface area contributed by atoms with Gasteiger partial charge in [0, 0.05) is 19.3 Å². The molecule has 0 radical (unpaired) electrons. The smallest absolute Gasteiger partial charge is 0.362 e. The number of hydrogen-bond donors (Lipinski definition) is 1. The highest BCUT2D eigenvalue weighted by Crippen LogP contribution is 2.16. The predicted molar refractivity (Wildman–Crippen MR) is 234 cm³/mol. The molecule has 0 aromatic rings. The van der Waals surface area contributed by atoms with E-state index in [0.29, 0.717) is 19.3 Å². The summed E-state index contributed by atoms with van der Waals surface area (Å²) in [4.78, 5) is 37.0. The summed E-state index contributed by atoms with van der Waals surface area (Å²) in [6, 6.07) is -0.611. The van der Waals surface area contributed by atoms with E-state index in [1.165, 1.54) is 141 Å². The highest BCUT2D eigenvalue weighted by Gasteiger charge is 2.31. The standard InChI is InChI=1S/C48H91NO7/c1-6-8-10-12-14-16-18-20-21-22-23-24-25-26-27-29-30-32-34-36-38-46(50)55-43-44(42-54-41-40-45(48(52)53)49(3,4)5)56-47(51)39-37-35-33-31-28-19-17-15-13-11-9-7-2/h15,17,44-45H,6-14,16,18-43H2,1-5H3/p+1/b17-15+. The summed E-state index contributed by atoms with van der Waals surface area (Å²) in [6.45, 7) is 4.74. The van der Waals surface area contributed by atoms with Crippen LogP contribution in [0.5, 0.6) is 0 Å². The SMILES string of the molecule is CCCCC/C=C/CCCCCCCC(=O)OC(COCCC(C(=O)O)[N+](C)(C)C)COC(=O)CCCCCCCCCCCCCCCCCCCCCC. The van der Waals surface area contributed by atoms with Crippen LogP contribution in [-0.2, 0) is 28.6 Å². The number of carbonyl (C=O) groups excluding carboxylic acids is 2. The third-order valence-electron chi connectivity index (χ3n) is 10.9. The number of unbranched alkanes of at least 4 members (excludes halogenated alkanes) is 27. The second kappa shape index (κ2) is 39.9. The molecule has 0 fully saturated rings. The molecule has 0 bridgehead atoms. The Kier molecular flexibility index (Phi) is 38.5. The van der Waals surface area contributed by atoms with Crippen molar-refractivity contribution in [3.8, 4) is 0 Å². The number of allylic oxidation sites excluding steroid dienone is 2. The van der Waals surface area contributed by atoms with Crippen molar-refractivity contribution in [2.45, 2.75) is 238 Å². The van der Waals surface area contributed by atoms with Crippen molar-refractivity contribution >= 4 is 17.9 Å². The predicted octanol–water partition coefficient (Wildman–Crippen LogP) is 13.1. The summed E-state index contributed by atoms with van der Waals surface area (Å²) in [5, 5.41) is 9.62. The monoisotopic (exact) mass is 795 g/mol. The van der Waals surface area contributed by atoms with Crippen LogP contribution in [0.15, 0.2) is 12.2 Å². The Balaban J connectivity index is 4.20. The van der Waals surface area contributed by atoms with Crippen molar-refractivity contribution in [2.75, 3.05) is 41.0 Å². The molecule has 0 aromatic carbocycles. The van der Waals surface area contributed by atoms with Crippen LogP contribution in [0.3, 0.4) is 0 Å². The molecule has 8 heteroatoms. The first kappa shape index (κ1) is 54.1. The number of likely N-dealkylation sites (N-methyl/N-ethyl adjacent to an activating group) is 1. The summed E-state index contributed by atoms with van der Waals surface area (Å²) >= 11 is 0. The van der Waals surface area contributed by atoms with Crippen LogP contribution in [0.4, 0.5) is 0 Å². The maximum absolute atomic E-state index is 12.7. The van der Waals surface area contributed by atoms with Crippen molar-refractivity contribution in [3.05, 3.63) is 12.2 Å². The van der Waals surface area contributed by atoms with E-state index in [1.807, 2.05) is 21.1 Å². The Morgan fingerprint density at radius 2 is 0.893 bits per heavy atom. The third kappa shape index (κ3) is 37.6. The lowest BCUT2D eigenvalue weighted by atomic mass is 10.0. The average molecular weight is 795 g/mol. The van der Waals surface area contributed by atoms with Crippen molar-refractivity contribution < 1.29 is 38.2 Å². The van der Waals surface area contributed by atoms with Gasteiger partial charge < -0.3 is 23.8 Å². The maximum Gasteiger partial charge on any atom is 0.362 e. The molecule has 330 valence electrons. The van der Waals surface area contributed by atoms with Gasteiger partial charge in [-0.3, -0.25) is 9.59 Å². The van der Waals surface area contributed by atoms with Gasteiger partial charge in [0.15, 0.2) is 12.1 Å². The summed E-state index contributed by atoms with van der Waals surface area (Å²) in [5.41, 5.74) is 0. The van der Waals surface area contributed by atoms with Crippen LogP contribution in [0.2, 0.25) is 0 Å². The van der Waals surface area contributed by atoms with Crippen molar-refractivity contribution in [3.63, 3.8) is 0 Å². The molecule has 2 unspecified atom stereocenters. The summed E-state index contributed by atoms with van der Waals surface area (Å²) < 4.78 is 17.3. The molecule has 0 rings (SSSR count). The molecule has 0 aliphatic carbocycles. The van der Waals surface area contributed by atoms with E-state index in [0.717, 1.165) is 51.4 Å². The molecular weight excluding hydrogens is 703 g/mol. The van der Waals surface area contributed by atoms with E-state index in [-0.39, 0.29) is 36.2 Å². The maximum atomic E-state index is 12.7. The average Bonchev–Trinajstić information content (AvgIpc) is 3.15. The molecule has 0 saturated heterocycles. The number of carboxylic acid groups (broad SMARTS) is 1. The first-order valence-corrected chi connectivity index (χ1v) is 23.7. The zero-order valence-electron chi connectivity index (χ0n) is 37.6. The molecule has 56 heavy (non-hydrogen) atoms. The fraction of sp³-hybridized carbons (Fsp3) is 0.896. The van der Waals surface area contributed by atoms with Gasteiger partial charge in [0.1, 0.15) is 6.61 Å². The Labute approximate surface area is 346 Å². The first-order chi connectivity index (χ1) is 27.1. The number of aliphatic carboxylic acids is 1. The van der Waals surface area contributed by atoms with Gasteiger partial charge in [0.2, 0.25) is 0 Å². The minimum Gasteiger partial charge on any atom is -0.477 e. The van der Waals surface area contributed by atoms with Gasteiger partial charge in [-0.2, -0.15) is 0 Å². The lowest BCUT2D eigenvalue weighted by Crippen LogP contribution is -2.50. The molecule has 0 aliphatic rings. The number of rotatable bonds is 43. The summed E-state index contributed by atoms with van der Waals surface area (Å²) in [7, 11) is 5.53. The van der Waals surface area contributed by atoms with Crippen LogP contribution in [0, 0.1) is 0 Å². The quantitative estimate of drug-likeness (QED) is 0.0284. The van der Waals surface area contributed by atoms with Crippen LogP contribution in [-0.4, -0.2) is 80.6 Å². The van der Waals surface area contributed by atoms with E-state index in [4.69, 9.17) is 14.2 Å². The lowest BCUT2D eigenvalue weighted by molar-refractivity contribution is -0.887. The second-order valence-electron chi connectivity index (χ2n) is 17.4. The van der Waals surface area contributed by atoms with E-state index in [1.54, 1.807) is 0 Å². The van der Waals surface area contributed by atoms with Crippen LogP contribution in [0.25, 0.3) is 0 Å². The minimum absolute atomic E-state index is 0.0482.